The molecular formula is C9H14N2O4S3. The van der Waals surface area contributed by atoms with Crippen LogP contribution in [0.5, 0.6) is 0 Å². The van der Waals surface area contributed by atoms with Crippen LogP contribution in [0.3, 0.4) is 0 Å². The Labute approximate surface area is 110 Å². The molecular weight excluding hydrogens is 296 g/mol. The summed E-state index contributed by atoms with van der Waals surface area (Å²) in [5.41, 5.74) is 0.542. The van der Waals surface area contributed by atoms with Gasteiger partial charge in [-0.1, -0.05) is 0 Å². The number of nitrogens with two attached hydrogens (primary N) is 1. The fourth-order valence-corrected chi connectivity index (χ4v) is 6.18. The topological polar surface area (TPSA) is 97.5 Å². The second-order valence-electron chi connectivity index (χ2n) is 4.44. The largest absolute Gasteiger partial charge is 0.302 e. The number of rotatable bonds is 2. The Morgan fingerprint density at radius 2 is 2.06 bits per heavy atom. The van der Waals surface area contributed by atoms with Gasteiger partial charge in [0.2, 0.25) is 10.0 Å². The molecule has 0 fully saturated rings. The first kappa shape index (κ1) is 13.9. The molecule has 2 N–H and O–H groups in total. The minimum atomic E-state index is -3.86. The van der Waals surface area contributed by atoms with Crippen molar-refractivity contribution in [3.8, 4) is 0 Å². The molecule has 1 atom stereocenters. The van der Waals surface area contributed by atoms with Crippen LogP contribution in [0.2, 0.25) is 0 Å². The number of thiophene rings is 1. The number of nitrogens with zero attached hydrogens (tertiary/aromatic N) is 1. The predicted octanol–water partition coefficient (Wildman–Crippen LogP) is 0.176. The monoisotopic (exact) mass is 310 g/mol. The molecule has 1 aliphatic heterocycles. The molecule has 102 valence electrons. The normalized spacial score (nSPS) is 23.0. The van der Waals surface area contributed by atoms with Crippen LogP contribution in [0, 0.1) is 0 Å². The van der Waals surface area contributed by atoms with Gasteiger partial charge < -0.3 is 4.90 Å². The Kier molecular flexibility index (Phi) is 3.31. The minimum absolute atomic E-state index is 0.0351. The standard InChI is InChI=1S/C9H14N2O4S3/c1-11(2)7-3-4-17(12,13)9-6(7)5-8(16-9)18(10,14)15/h5,7H,3-4H2,1-2H3,(H2,10,14,15). The van der Waals surface area contributed by atoms with Gasteiger partial charge in [0.15, 0.2) is 9.84 Å². The van der Waals surface area contributed by atoms with E-state index in [1.165, 1.54) is 6.07 Å². The molecule has 1 aliphatic rings. The van der Waals surface area contributed by atoms with Gasteiger partial charge in [-0.05, 0) is 26.6 Å². The quantitative estimate of drug-likeness (QED) is 0.840. The van der Waals surface area contributed by atoms with Crippen molar-refractivity contribution >= 4 is 31.2 Å². The Bertz CT molecular complexity index is 673. The van der Waals surface area contributed by atoms with Gasteiger partial charge >= 0.3 is 0 Å². The molecule has 18 heavy (non-hydrogen) atoms. The number of fused-ring (bicyclic) bond motifs is 1. The summed E-state index contributed by atoms with van der Waals surface area (Å²) in [5, 5.41) is 5.05. The van der Waals surface area contributed by atoms with Gasteiger partial charge in [0.25, 0.3) is 0 Å². The van der Waals surface area contributed by atoms with Crippen molar-refractivity contribution in [1.29, 1.82) is 0 Å². The van der Waals surface area contributed by atoms with Crippen LogP contribution in [0.25, 0.3) is 0 Å². The highest BCUT2D eigenvalue weighted by atomic mass is 32.3. The molecule has 0 spiro atoms. The summed E-state index contributed by atoms with van der Waals surface area (Å²) >= 11 is 0.743. The van der Waals surface area contributed by atoms with Crippen LogP contribution in [0.4, 0.5) is 0 Å². The molecule has 0 bridgehead atoms. The predicted molar refractivity (Wildman–Crippen MR) is 68.8 cm³/mol. The minimum Gasteiger partial charge on any atom is -0.302 e. The zero-order valence-corrected chi connectivity index (χ0v) is 12.4. The van der Waals surface area contributed by atoms with Crippen LogP contribution in [-0.4, -0.2) is 41.6 Å². The Balaban J connectivity index is 2.68. The van der Waals surface area contributed by atoms with Crippen LogP contribution in [-0.2, 0) is 19.9 Å². The molecule has 2 rings (SSSR count). The van der Waals surface area contributed by atoms with Crippen LogP contribution >= 0.6 is 11.3 Å². The van der Waals surface area contributed by atoms with Crippen molar-refractivity contribution in [2.75, 3.05) is 19.8 Å². The third-order valence-electron chi connectivity index (χ3n) is 2.91. The van der Waals surface area contributed by atoms with Crippen molar-refractivity contribution in [1.82, 2.24) is 4.90 Å². The average Bonchev–Trinajstić information content (AvgIpc) is 2.61. The van der Waals surface area contributed by atoms with Crippen molar-refractivity contribution < 1.29 is 16.8 Å². The highest BCUT2D eigenvalue weighted by molar-refractivity contribution is 7.95. The lowest BCUT2D eigenvalue weighted by atomic mass is 10.1. The van der Waals surface area contributed by atoms with Gasteiger partial charge in [-0.3, -0.25) is 0 Å². The maximum absolute atomic E-state index is 11.9. The second kappa shape index (κ2) is 4.27. The SMILES string of the molecule is CN(C)C1CCS(=O)(=O)c2sc(S(N)(=O)=O)cc21. The first-order valence-electron chi connectivity index (χ1n) is 5.18. The lowest BCUT2D eigenvalue weighted by Crippen LogP contribution is -2.27. The molecule has 6 nitrogen and oxygen atoms in total. The van der Waals surface area contributed by atoms with E-state index in [9.17, 15) is 16.8 Å². The van der Waals surface area contributed by atoms with Gasteiger partial charge in [-0.2, -0.15) is 0 Å². The Morgan fingerprint density at radius 1 is 1.44 bits per heavy atom. The molecule has 1 unspecified atom stereocenters. The van der Waals surface area contributed by atoms with Crippen molar-refractivity contribution in [2.24, 2.45) is 5.14 Å². The zero-order valence-electron chi connectivity index (χ0n) is 9.95. The van der Waals surface area contributed by atoms with Crippen LogP contribution < -0.4 is 5.14 Å². The molecule has 2 heterocycles. The van der Waals surface area contributed by atoms with Crippen molar-refractivity contribution in [3.63, 3.8) is 0 Å². The van der Waals surface area contributed by atoms with E-state index in [1.807, 2.05) is 19.0 Å². The number of hydrogen-bond donors (Lipinski definition) is 1. The maximum Gasteiger partial charge on any atom is 0.247 e. The zero-order chi connectivity index (χ0) is 13.7. The van der Waals surface area contributed by atoms with E-state index in [4.69, 9.17) is 5.14 Å². The number of sulfonamides is 1. The summed E-state index contributed by atoms with van der Waals surface area (Å²) < 4.78 is 46.6. The lowest BCUT2D eigenvalue weighted by Gasteiger charge is -2.28. The molecule has 1 aromatic rings. The van der Waals surface area contributed by atoms with E-state index in [-0.39, 0.29) is 20.2 Å². The van der Waals surface area contributed by atoms with Gasteiger partial charge in [-0.25, -0.2) is 22.0 Å². The average molecular weight is 310 g/mol. The first-order valence-corrected chi connectivity index (χ1v) is 9.20. The Hall–Kier alpha value is -0.480. The van der Waals surface area contributed by atoms with Gasteiger partial charge in [0.1, 0.15) is 8.42 Å². The fourth-order valence-electron chi connectivity index (χ4n) is 2.03. The molecule has 0 aliphatic carbocycles. The van der Waals surface area contributed by atoms with Crippen LogP contribution in [0.1, 0.15) is 18.0 Å². The summed E-state index contributed by atoms with van der Waals surface area (Å²) in [6.45, 7) is 0. The third kappa shape index (κ3) is 2.32. The van der Waals surface area contributed by atoms with Gasteiger partial charge in [0, 0.05) is 11.6 Å². The lowest BCUT2D eigenvalue weighted by molar-refractivity contribution is 0.286. The Morgan fingerprint density at radius 3 is 2.56 bits per heavy atom. The maximum atomic E-state index is 11.9. The summed E-state index contributed by atoms with van der Waals surface area (Å²) in [7, 11) is -3.57. The second-order valence-corrected chi connectivity index (χ2v) is 9.59. The summed E-state index contributed by atoms with van der Waals surface area (Å²) in [6.07, 6.45) is 0.461. The van der Waals surface area contributed by atoms with Crippen molar-refractivity contribution in [3.05, 3.63) is 11.6 Å². The van der Waals surface area contributed by atoms with Gasteiger partial charge in [0.05, 0.1) is 5.75 Å². The van der Waals surface area contributed by atoms with Crippen molar-refractivity contribution in [2.45, 2.75) is 20.9 Å². The summed E-state index contributed by atoms with van der Waals surface area (Å²) in [5.74, 6) is 0.0351. The molecule has 9 heteroatoms. The van der Waals surface area contributed by atoms with E-state index in [0.717, 1.165) is 11.3 Å². The van der Waals surface area contributed by atoms with E-state index < -0.39 is 19.9 Å². The highest BCUT2D eigenvalue weighted by Gasteiger charge is 2.35. The van der Waals surface area contributed by atoms with E-state index >= 15 is 0 Å². The molecule has 1 aromatic heterocycles. The molecule has 0 saturated heterocycles. The van der Waals surface area contributed by atoms with E-state index in [0.29, 0.717) is 12.0 Å². The fraction of sp³-hybridized carbons (Fsp3) is 0.556. The van der Waals surface area contributed by atoms with Gasteiger partial charge in [-0.15, -0.1) is 11.3 Å². The van der Waals surface area contributed by atoms with Crippen LogP contribution in [0.15, 0.2) is 14.5 Å². The highest BCUT2D eigenvalue weighted by Crippen LogP contribution is 2.41. The van der Waals surface area contributed by atoms with E-state index in [2.05, 4.69) is 0 Å². The number of primary sulfonamides is 1. The smallest absolute Gasteiger partial charge is 0.247 e. The summed E-state index contributed by atoms with van der Waals surface area (Å²) in [6, 6.07) is 1.30. The van der Waals surface area contributed by atoms with E-state index in [1.54, 1.807) is 0 Å². The third-order valence-corrected chi connectivity index (χ3v) is 7.86. The molecule has 0 amide bonds. The number of hydrogen-bond acceptors (Lipinski definition) is 6. The first-order chi connectivity index (χ1) is 8.13. The molecule has 0 saturated carbocycles. The molecule has 0 aromatic carbocycles. The molecule has 0 radical (unpaired) electrons. The number of sulfone groups is 1. The summed E-state index contributed by atoms with van der Waals surface area (Å²) in [4.78, 5) is 1.88.